The summed E-state index contributed by atoms with van der Waals surface area (Å²) in [5, 5.41) is 9.10. The minimum absolute atomic E-state index is 0.245. The van der Waals surface area contributed by atoms with Crippen molar-refractivity contribution in [3.05, 3.63) is 29.3 Å². The Morgan fingerprint density at radius 1 is 1.25 bits per heavy atom. The third kappa shape index (κ3) is 9.06. The van der Waals surface area contributed by atoms with Crippen molar-refractivity contribution >= 4 is 5.97 Å². The van der Waals surface area contributed by atoms with Crippen LogP contribution < -0.4 is 0 Å². The first kappa shape index (κ1) is 16.9. The molecule has 92 valence electrons. The van der Waals surface area contributed by atoms with Gasteiger partial charge in [0, 0.05) is 6.92 Å². The molecule has 0 saturated heterocycles. The maximum absolute atomic E-state index is 9.59. The van der Waals surface area contributed by atoms with Crippen LogP contribution in [0.1, 0.15) is 31.9 Å². The van der Waals surface area contributed by atoms with Crippen LogP contribution in [0.5, 0.6) is 5.75 Å². The van der Waals surface area contributed by atoms with E-state index in [4.69, 9.17) is 5.11 Å². The van der Waals surface area contributed by atoms with Gasteiger partial charge in [0.05, 0.1) is 7.11 Å². The van der Waals surface area contributed by atoms with Crippen LogP contribution in [0.2, 0.25) is 0 Å². The van der Waals surface area contributed by atoms with E-state index >= 15 is 0 Å². The van der Waals surface area contributed by atoms with E-state index in [-0.39, 0.29) is 5.97 Å². The highest BCUT2D eigenvalue weighted by atomic mass is 16.5. The van der Waals surface area contributed by atoms with Crippen molar-refractivity contribution in [3.8, 4) is 5.75 Å². The third-order valence-corrected chi connectivity index (χ3v) is 1.65. The number of phenols is 1. The molecule has 3 heteroatoms. The molecule has 0 fully saturated rings. The Balaban J connectivity index is 0. The fourth-order valence-corrected chi connectivity index (χ4v) is 0.719. The molecule has 0 aliphatic heterocycles. The zero-order chi connectivity index (χ0) is 13.1. The number of carbonyl (C=O) groups excluding carboxylic acids is 1. The monoisotopic (exact) mass is 226 g/mol. The van der Waals surface area contributed by atoms with Gasteiger partial charge in [-0.1, -0.05) is 26.0 Å². The fraction of sp³-hybridized carbons (Fsp3) is 0.462. The molecule has 1 aromatic carbocycles. The number of esters is 1. The molecular formula is C13H22O3. The van der Waals surface area contributed by atoms with E-state index in [0.717, 1.165) is 11.1 Å². The summed E-state index contributed by atoms with van der Waals surface area (Å²) in [6.07, 6.45) is 0. The molecule has 0 aliphatic rings. The number of rotatable bonds is 0. The summed E-state index contributed by atoms with van der Waals surface area (Å²) in [7, 11) is 1.35. The molecule has 0 saturated carbocycles. The molecule has 0 aliphatic carbocycles. The number of hydrogen-bond donors (Lipinski definition) is 1. The third-order valence-electron chi connectivity index (χ3n) is 1.65. The minimum Gasteiger partial charge on any atom is -0.508 e. The lowest BCUT2D eigenvalue weighted by molar-refractivity contribution is -0.137. The standard InChI is InChI=1S/C8H10O.C3H6O2.C2H6/c1-6-3-4-7(2)8(9)5-6;1-3(4)5-2;1-2/h3-5,9H,1-2H3;1-2H3;1-2H3. The lowest BCUT2D eigenvalue weighted by Gasteiger charge is -1.97. The van der Waals surface area contributed by atoms with Gasteiger partial charge < -0.3 is 9.84 Å². The van der Waals surface area contributed by atoms with Crippen LogP contribution in [-0.4, -0.2) is 18.2 Å². The molecule has 0 heterocycles. The minimum atomic E-state index is -0.245. The number of aryl methyl sites for hydroxylation is 2. The van der Waals surface area contributed by atoms with Crippen molar-refractivity contribution in [2.24, 2.45) is 0 Å². The van der Waals surface area contributed by atoms with Gasteiger partial charge in [0.15, 0.2) is 0 Å². The Bertz CT molecular complexity index is 306. The summed E-state index contributed by atoms with van der Waals surface area (Å²) in [4.78, 5) is 9.59. The number of aromatic hydroxyl groups is 1. The van der Waals surface area contributed by atoms with Crippen molar-refractivity contribution in [2.75, 3.05) is 7.11 Å². The van der Waals surface area contributed by atoms with E-state index in [1.165, 1.54) is 14.0 Å². The first-order valence-corrected chi connectivity index (χ1v) is 5.28. The van der Waals surface area contributed by atoms with Crippen molar-refractivity contribution in [3.63, 3.8) is 0 Å². The van der Waals surface area contributed by atoms with Crippen molar-refractivity contribution < 1.29 is 14.6 Å². The van der Waals surface area contributed by atoms with E-state index in [1.807, 2.05) is 39.8 Å². The Kier molecular flexibility index (Phi) is 10.6. The largest absolute Gasteiger partial charge is 0.508 e. The van der Waals surface area contributed by atoms with Gasteiger partial charge in [-0.3, -0.25) is 4.79 Å². The van der Waals surface area contributed by atoms with Crippen LogP contribution >= 0.6 is 0 Å². The topological polar surface area (TPSA) is 46.5 Å². The molecule has 0 spiro atoms. The molecule has 0 unspecified atom stereocenters. The van der Waals surface area contributed by atoms with Crippen molar-refractivity contribution in [2.45, 2.75) is 34.6 Å². The molecule has 0 amide bonds. The zero-order valence-electron chi connectivity index (χ0n) is 11.0. The van der Waals surface area contributed by atoms with Crippen LogP contribution in [0.3, 0.4) is 0 Å². The summed E-state index contributed by atoms with van der Waals surface area (Å²) in [5.74, 6) is 0.139. The molecule has 0 bridgehead atoms. The van der Waals surface area contributed by atoms with Crippen LogP contribution in [0.4, 0.5) is 0 Å². The quantitative estimate of drug-likeness (QED) is 0.691. The first-order valence-electron chi connectivity index (χ1n) is 5.28. The van der Waals surface area contributed by atoms with Gasteiger partial charge in [0.2, 0.25) is 0 Å². The Morgan fingerprint density at radius 3 is 1.94 bits per heavy atom. The average Bonchev–Trinajstić information content (AvgIpc) is 2.27. The first-order chi connectivity index (χ1) is 7.47. The van der Waals surface area contributed by atoms with Crippen LogP contribution in [-0.2, 0) is 9.53 Å². The smallest absolute Gasteiger partial charge is 0.302 e. The molecule has 1 aromatic rings. The zero-order valence-corrected chi connectivity index (χ0v) is 11.0. The van der Waals surface area contributed by atoms with Gasteiger partial charge in [0.25, 0.3) is 0 Å². The molecule has 16 heavy (non-hydrogen) atoms. The van der Waals surface area contributed by atoms with Gasteiger partial charge in [-0.2, -0.15) is 0 Å². The lowest BCUT2D eigenvalue weighted by atomic mass is 10.1. The van der Waals surface area contributed by atoms with Crippen LogP contribution in [0.25, 0.3) is 0 Å². The summed E-state index contributed by atoms with van der Waals surface area (Å²) in [5.41, 5.74) is 2.03. The molecule has 0 radical (unpaired) electrons. The van der Waals surface area contributed by atoms with Gasteiger partial charge in [-0.25, -0.2) is 0 Å². The summed E-state index contributed by atoms with van der Waals surface area (Å²) < 4.78 is 4.11. The molecular weight excluding hydrogens is 204 g/mol. The van der Waals surface area contributed by atoms with Crippen molar-refractivity contribution in [1.82, 2.24) is 0 Å². The second-order valence-corrected chi connectivity index (χ2v) is 2.99. The van der Waals surface area contributed by atoms with E-state index in [0.29, 0.717) is 5.75 Å². The van der Waals surface area contributed by atoms with E-state index in [2.05, 4.69) is 4.74 Å². The number of phenolic OH excluding ortho intramolecular Hbond substituents is 1. The number of hydrogen-bond acceptors (Lipinski definition) is 3. The number of methoxy groups -OCH3 is 1. The number of carbonyl (C=O) groups is 1. The van der Waals surface area contributed by atoms with E-state index < -0.39 is 0 Å². The molecule has 1 N–H and O–H groups in total. The predicted molar refractivity (Wildman–Crippen MR) is 66.6 cm³/mol. The van der Waals surface area contributed by atoms with Crippen LogP contribution in [0.15, 0.2) is 18.2 Å². The number of benzene rings is 1. The molecule has 1 rings (SSSR count). The Hall–Kier alpha value is -1.51. The fourth-order valence-electron chi connectivity index (χ4n) is 0.719. The van der Waals surface area contributed by atoms with Gasteiger partial charge >= 0.3 is 5.97 Å². The highest BCUT2D eigenvalue weighted by Gasteiger charge is 1.91. The molecule has 3 nitrogen and oxygen atoms in total. The van der Waals surface area contributed by atoms with Gasteiger partial charge in [0.1, 0.15) is 5.75 Å². The van der Waals surface area contributed by atoms with Gasteiger partial charge in [-0.05, 0) is 31.0 Å². The number of ether oxygens (including phenoxy) is 1. The average molecular weight is 226 g/mol. The van der Waals surface area contributed by atoms with Crippen LogP contribution in [0, 0.1) is 13.8 Å². The normalized spacial score (nSPS) is 7.88. The van der Waals surface area contributed by atoms with E-state index in [9.17, 15) is 4.79 Å². The second-order valence-electron chi connectivity index (χ2n) is 2.99. The molecule has 0 aromatic heterocycles. The second kappa shape index (κ2) is 10.0. The summed E-state index contributed by atoms with van der Waals surface area (Å²) >= 11 is 0. The molecule has 0 atom stereocenters. The van der Waals surface area contributed by atoms with Gasteiger partial charge in [-0.15, -0.1) is 0 Å². The summed E-state index contributed by atoms with van der Waals surface area (Å²) in [6, 6.07) is 5.65. The lowest BCUT2D eigenvalue weighted by Crippen LogP contribution is -1.88. The maximum atomic E-state index is 9.59. The summed E-state index contributed by atoms with van der Waals surface area (Å²) in [6.45, 7) is 9.20. The van der Waals surface area contributed by atoms with Crippen molar-refractivity contribution in [1.29, 1.82) is 0 Å². The highest BCUT2D eigenvalue weighted by molar-refractivity contribution is 5.65. The predicted octanol–water partition coefficient (Wildman–Crippen LogP) is 3.21. The SMILES string of the molecule is CC.COC(C)=O.Cc1ccc(C)c(O)c1. The Labute approximate surface area is 98.1 Å². The highest BCUT2D eigenvalue weighted by Crippen LogP contribution is 2.15. The maximum Gasteiger partial charge on any atom is 0.302 e. The Morgan fingerprint density at radius 2 is 1.69 bits per heavy atom. The van der Waals surface area contributed by atoms with E-state index in [1.54, 1.807) is 6.07 Å².